The lowest BCUT2D eigenvalue weighted by Gasteiger charge is -2.07. The maximum absolute atomic E-state index is 13.2. The fraction of sp³-hybridized carbons (Fsp3) is 0.412. The Kier molecular flexibility index (Phi) is 3.97. The fourth-order valence-corrected chi connectivity index (χ4v) is 2.24. The van der Waals surface area contributed by atoms with Crippen molar-refractivity contribution >= 4 is 0 Å². The molecule has 0 unspecified atom stereocenters. The average Bonchev–Trinajstić information content (AvgIpc) is 3.21. The average molecular weight is 289 g/mol. The third-order valence-corrected chi connectivity index (χ3v) is 3.72. The Morgan fingerprint density at radius 2 is 2.05 bits per heavy atom. The van der Waals surface area contributed by atoms with Crippen LogP contribution in [-0.4, -0.2) is 6.04 Å². The number of aryl methyl sites for hydroxylation is 2. The minimum absolute atomic E-state index is 0.291. The summed E-state index contributed by atoms with van der Waals surface area (Å²) in [6.07, 6.45) is 2.52. The van der Waals surface area contributed by atoms with E-state index >= 15 is 0 Å². The van der Waals surface area contributed by atoms with E-state index in [2.05, 4.69) is 5.32 Å². The van der Waals surface area contributed by atoms with E-state index in [4.69, 9.17) is 9.15 Å². The van der Waals surface area contributed by atoms with Gasteiger partial charge >= 0.3 is 0 Å². The summed E-state index contributed by atoms with van der Waals surface area (Å²) >= 11 is 0. The number of hydrogen-bond acceptors (Lipinski definition) is 3. The summed E-state index contributed by atoms with van der Waals surface area (Å²) in [4.78, 5) is 0. The van der Waals surface area contributed by atoms with Gasteiger partial charge in [-0.3, -0.25) is 0 Å². The van der Waals surface area contributed by atoms with Gasteiger partial charge < -0.3 is 14.5 Å². The van der Waals surface area contributed by atoms with Crippen LogP contribution < -0.4 is 10.1 Å². The molecule has 0 bridgehead atoms. The molecule has 1 aromatic carbocycles. The second-order valence-electron chi connectivity index (χ2n) is 5.67. The van der Waals surface area contributed by atoms with Gasteiger partial charge in [-0.05, 0) is 49.9 Å². The van der Waals surface area contributed by atoms with Crippen LogP contribution in [0.4, 0.5) is 4.39 Å². The first kappa shape index (κ1) is 14.1. The van der Waals surface area contributed by atoms with Gasteiger partial charge in [-0.1, -0.05) is 6.07 Å². The van der Waals surface area contributed by atoms with E-state index in [9.17, 15) is 4.39 Å². The first-order valence-corrected chi connectivity index (χ1v) is 7.32. The van der Waals surface area contributed by atoms with Crippen LogP contribution in [0.5, 0.6) is 5.75 Å². The molecule has 1 aromatic heterocycles. The predicted molar refractivity (Wildman–Crippen MR) is 78.8 cm³/mol. The zero-order valence-electron chi connectivity index (χ0n) is 12.4. The normalized spacial score (nSPS) is 14.4. The molecular weight excluding hydrogens is 269 g/mol. The Hall–Kier alpha value is -1.81. The molecule has 4 heteroatoms. The molecule has 1 heterocycles. The molecule has 21 heavy (non-hydrogen) atoms. The lowest BCUT2D eigenvalue weighted by molar-refractivity contribution is 0.262. The van der Waals surface area contributed by atoms with Crippen molar-refractivity contribution in [1.82, 2.24) is 5.32 Å². The van der Waals surface area contributed by atoms with E-state index in [1.807, 2.05) is 19.9 Å². The highest BCUT2D eigenvalue weighted by Gasteiger charge is 2.21. The largest absolute Gasteiger partial charge is 0.485 e. The quantitative estimate of drug-likeness (QED) is 0.876. The van der Waals surface area contributed by atoms with Crippen LogP contribution in [0.3, 0.4) is 0 Å². The van der Waals surface area contributed by atoms with E-state index in [1.165, 1.54) is 25.0 Å². The number of furan rings is 1. The topological polar surface area (TPSA) is 34.4 Å². The zero-order chi connectivity index (χ0) is 14.8. The van der Waals surface area contributed by atoms with Crippen LogP contribution in [0.15, 0.2) is 28.7 Å². The maximum Gasteiger partial charge on any atom is 0.146 e. The molecule has 112 valence electrons. The summed E-state index contributed by atoms with van der Waals surface area (Å²) in [6.45, 7) is 5.00. The number of nitrogens with one attached hydrogen (secondary N) is 1. The van der Waals surface area contributed by atoms with Gasteiger partial charge in [0.05, 0.1) is 6.54 Å². The standard InChI is InChI=1S/C17H20FNO2/c1-11-3-4-13(18)8-16(11)20-10-15-7-12(2)17(21-15)9-19-14-5-6-14/h3-4,7-8,14,19H,5-6,9-10H2,1-2H3. The SMILES string of the molecule is Cc1ccc(F)cc1OCc1cc(C)c(CNC2CC2)o1. The molecule has 3 nitrogen and oxygen atoms in total. The van der Waals surface area contributed by atoms with Crippen molar-refractivity contribution in [3.05, 3.63) is 52.7 Å². The van der Waals surface area contributed by atoms with Crippen molar-refractivity contribution in [2.75, 3.05) is 0 Å². The van der Waals surface area contributed by atoms with Crippen molar-refractivity contribution in [1.29, 1.82) is 0 Å². The third-order valence-electron chi connectivity index (χ3n) is 3.72. The molecule has 1 N–H and O–H groups in total. The monoisotopic (exact) mass is 289 g/mol. The first-order chi connectivity index (χ1) is 10.1. The Morgan fingerprint density at radius 3 is 2.81 bits per heavy atom. The third kappa shape index (κ3) is 3.64. The fourth-order valence-electron chi connectivity index (χ4n) is 2.24. The van der Waals surface area contributed by atoms with Gasteiger partial charge in [0.25, 0.3) is 0 Å². The highest BCUT2D eigenvalue weighted by atomic mass is 19.1. The van der Waals surface area contributed by atoms with Crippen molar-refractivity contribution in [3.8, 4) is 5.75 Å². The lowest BCUT2D eigenvalue weighted by Crippen LogP contribution is -2.15. The van der Waals surface area contributed by atoms with Crippen molar-refractivity contribution in [2.45, 2.75) is 45.9 Å². The van der Waals surface area contributed by atoms with Gasteiger partial charge in [0.15, 0.2) is 0 Å². The molecule has 1 saturated carbocycles. The number of halogens is 1. The predicted octanol–water partition coefficient (Wildman–Crippen LogP) is 3.87. The van der Waals surface area contributed by atoms with Crippen molar-refractivity contribution < 1.29 is 13.5 Å². The molecule has 0 atom stereocenters. The molecule has 1 aliphatic rings. The number of ether oxygens (including phenoxy) is 1. The number of hydrogen-bond donors (Lipinski definition) is 1. The lowest BCUT2D eigenvalue weighted by atomic mass is 10.2. The summed E-state index contributed by atoms with van der Waals surface area (Å²) in [5.41, 5.74) is 2.04. The summed E-state index contributed by atoms with van der Waals surface area (Å²) in [6, 6.07) is 7.19. The van der Waals surface area contributed by atoms with Crippen LogP contribution in [0.1, 0.15) is 35.5 Å². The van der Waals surface area contributed by atoms with E-state index in [0.29, 0.717) is 18.4 Å². The summed E-state index contributed by atoms with van der Waals surface area (Å²) in [5, 5.41) is 3.43. The van der Waals surface area contributed by atoms with E-state index < -0.39 is 0 Å². The molecule has 1 aliphatic carbocycles. The molecule has 1 fully saturated rings. The minimum Gasteiger partial charge on any atom is -0.485 e. The van der Waals surface area contributed by atoms with Gasteiger partial charge in [0, 0.05) is 12.1 Å². The van der Waals surface area contributed by atoms with Gasteiger partial charge in [-0.25, -0.2) is 4.39 Å². The summed E-state index contributed by atoms with van der Waals surface area (Å²) in [5.74, 6) is 1.99. The molecule has 3 rings (SSSR count). The molecule has 0 saturated heterocycles. The Bertz CT molecular complexity index is 632. The highest BCUT2D eigenvalue weighted by molar-refractivity contribution is 5.32. The van der Waals surface area contributed by atoms with Gasteiger partial charge in [-0.15, -0.1) is 0 Å². The Morgan fingerprint density at radius 1 is 1.24 bits per heavy atom. The zero-order valence-corrected chi connectivity index (χ0v) is 12.4. The van der Waals surface area contributed by atoms with Crippen molar-refractivity contribution in [2.24, 2.45) is 0 Å². The summed E-state index contributed by atoms with van der Waals surface area (Å²) < 4.78 is 24.7. The van der Waals surface area contributed by atoms with Crippen LogP contribution in [0, 0.1) is 19.7 Å². The maximum atomic E-state index is 13.2. The van der Waals surface area contributed by atoms with Gasteiger partial charge in [0.1, 0.15) is 29.7 Å². The molecule has 2 aromatic rings. The van der Waals surface area contributed by atoms with Crippen LogP contribution in [-0.2, 0) is 13.2 Å². The molecular formula is C17H20FNO2. The van der Waals surface area contributed by atoms with Gasteiger partial charge in [-0.2, -0.15) is 0 Å². The number of rotatable bonds is 6. The first-order valence-electron chi connectivity index (χ1n) is 7.32. The Labute approximate surface area is 124 Å². The van der Waals surface area contributed by atoms with E-state index in [1.54, 1.807) is 6.07 Å². The second kappa shape index (κ2) is 5.90. The molecule has 0 spiro atoms. The summed E-state index contributed by atoms with van der Waals surface area (Å²) in [7, 11) is 0. The molecule has 0 radical (unpaired) electrons. The molecule has 0 amide bonds. The van der Waals surface area contributed by atoms with Crippen LogP contribution in [0.2, 0.25) is 0 Å². The van der Waals surface area contributed by atoms with Gasteiger partial charge in [0.2, 0.25) is 0 Å². The smallest absolute Gasteiger partial charge is 0.146 e. The molecule has 0 aliphatic heterocycles. The van der Waals surface area contributed by atoms with Crippen LogP contribution >= 0.6 is 0 Å². The number of benzene rings is 1. The van der Waals surface area contributed by atoms with E-state index in [-0.39, 0.29) is 5.82 Å². The minimum atomic E-state index is -0.291. The Balaban J connectivity index is 1.61. The second-order valence-corrected chi connectivity index (χ2v) is 5.67. The van der Waals surface area contributed by atoms with Crippen LogP contribution in [0.25, 0.3) is 0 Å². The van der Waals surface area contributed by atoms with E-state index in [0.717, 1.165) is 29.2 Å². The highest BCUT2D eigenvalue weighted by Crippen LogP contribution is 2.23. The van der Waals surface area contributed by atoms with Crippen molar-refractivity contribution in [3.63, 3.8) is 0 Å².